The minimum Gasteiger partial charge on any atom is -0.391 e. The first-order valence-electron chi connectivity index (χ1n) is 6.96. The average Bonchev–Trinajstić information content (AvgIpc) is 2.78. The molecule has 0 aliphatic heterocycles. The van der Waals surface area contributed by atoms with E-state index < -0.39 is 6.10 Å². The number of aromatic nitrogens is 1. The third kappa shape index (κ3) is 3.80. The molecule has 0 aliphatic rings. The maximum atomic E-state index is 12.1. The van der Waals surface area contributed by atoms with Crippen molar-refractivity contribution in [2.24, 2.45) is 5.92 Å². The van der Waals surface area contributed by atoms with Crippen molar-refractivity contribution >= 4 is 5.91 Å². The molecule has 1 unspecified atom stereocenters. The van der Waals surface area contributed by atoms with Crippen LogP contribution in [-0.2, 0) is 6.42 Å². The lowest BCUT2D eigenvalue weighted by molar-refractivity contribution is 0.0815. The summed E-state index contributed by atoms with van der Waals surface area (Å²) in [5, 5.41) is 16.6. The number of hydrogen-bond donors (Lipinski definition) is 2. The number of nitrogens with one attached hydrogen (secondary N) is 1. The molecule has 19 heavy (non-hydrogen) atoms. The quantitative estimate of drug-likeness (QED) is 0.794. The molecule has 0 spiro atoms. The van der Waals surface area contributed by atoms with Gasteiger partial charge in [-0.2, -0.15) is 0 Å². The summed E-state index contributed by atoms with van der Waals surface area (Å²) in [6.45, 7) is 7.99. The lowest BCUT2D eigenvalue weighted by Crippen LogP contribution is -2.36. The topological polar surface area (TPSA) is 75.4 Å². The number of carbonyl (C=O) groups is 1. The lowest BCUT2D eigenvalue weighted by atomic mass is 9.96. The Hall–Kier alpha value is -1.36. The van der Waals surface area contributed by atoms with Crippen molar-refractivity contribution in [3.8, 4) is 0 Å². The van der Waals surface area contributed by atoms with E-state index in [2.05, 4.69) is 10.5 Å². The Labute approximate surface area is 114 Å². The van der Waals surface area contributed by atoms with Gasteiger partial charge >= 0.3 is 0 Å². The van der Waals surface area contributed by atoms with Crippen LogP contribution in [0.5, 0.6) is 0 Å². The Morgan fingerprint density at radius 2 is 2.00 bits per heavy atom. The number of nitrogens with zero attached hydrogens (tertiary/aromatic N) is 1. The summed E-state index contributed by atoms with van der Waals surface area (Å²) in [4.78, 5) is 12.1. The zero-order valence-corrected chi connectivity index (χ0v) is 12.2. The number of hydrogen-bond acceptors (Lipinski definition) is 4. The average molecular weight is 268 g/mol. The molecule has 5 heteroatoms. The van der Waals surface area contributed by atoms with Crippen molar-refractivity contribution < 1.29 is 14.4 Å². The highest BCUT2D eigenvalue weighted by Crippen LogP contribution is 2.15. The summed E-state index contributed by atoms with van der Waals surface area (Å²) in [6.07, 6.45) is 1.94. The number of aliphatic hydroxyl groups excluding tert-OH is 1. The lowest BCUT2D eigenvalue weighted by Gasteiger charge is -2.20. The van der Waals surface area contributed by atoms with E-state index in [1.165, 1.54) is 0 Å². The summed E-state index contributed by atoms with van der Waals surface area (Å²) >= 11 is 0. The first kappa shape index (κ1) is 15.7. The van der Waals surface area contributed by atoms with Gasteiger partial charge in [0.05, 0.1) is 11.8 Å². The van der Waals surface area contributed by atoms with Gasteiger partial charge in [0.1, 0.15) is 11.3 Å². The molecule has 2 N–H and O–H groups in total. The molecule has 0 aliphatic carbocycles. The summed E-state index contributed by atoms with van der Waals surface area (Å²) in [5.74, 6) is 0.515. The second-order valence-corrected chi connectivity index (χ2v) is 4.77. The molecule has 0 saturated heterocycles. The molecular weight excluding hydrogens is 244 g/mol. The van der Waals surface area contributed by atoms with E-state index >= 15 is 0 Å². The highest BCUT2D eigenvalue weighted by atomic mass is 16.5. The van der Waals surface area contributed by atoms with Crippen LogP contribution < -0.4 is 5.32 Å². The number of rotatable bonds is 7. The van der Waals surface area contributed by atoms with Crippen LogP contribution in [0.25, 0.3) is 0 Å². The molecule has 1 aromatic heterocycles. The first-order chi connectivity index (χ1) is 9.04. The Morgan fingerprint density at radius 3 is 2.53 bits per heavy atom. The van der Waals surface area contributed by atoms with Gasteiger partial charge in [0.15, 0.2) is 0 Å². The van der Waals surface area contributed by atoms with E-state index in [0.717, 1.165) is 12.8 Å². The van der Waals surface area contributed by atoms with E-state index in [9.17, 15) is 9.90 Å². The van der Waals surface area contributed by atoms with Crippen LogP contribution in [0.3, 0.4) is 0 Å². The van der Waals surface area contributed by atoms with Gasteiger partial charge in [-0.05, 0) is 19.3 Å². The monoisotopic (exact) mass is 268 g/mol. The molecule has 1 aromatic rings. The molecule has 0 aromatic carbocycles. The van der Waals surface area contributed by atoms with Crippen LogP contribution in [0.15, 0.2) is 4.52 Å². The van der Waals surface area contributed by atoms with E-state index in [0.29, 0.717) is 23.4 Å². The third-order valence-electron chi connectivity index (χ3n) is 3.56. The zero-order valence-electron chi connectivity index (χ0n) is 12.2. The molecule has 1 atom stereocenters. The number of amides is 1. The minimum atomic E-state index is -0.510. The molecular formula is C14H24N2O3. The van der Waals surface area contributed by atoms with Crippen LogP contribution in [0, 0.1) is 12.8 Å². The Balaban J connectivity index is 2.63. The van der Waals surface area contributed by atoms with Crippen LogP contribution in [0.2, 0.25) is 0 Å². The fraction of sp³-hybridized carbons (Fsp3) is 0.714. The Bertz CT molecular complexity index is 411. The van der Waals surface area contributed by atoms with E-state index in [1.807, 2.05) is 20.8 Å². The largest absolute Gasteiger partial charge is 0.391 e. The Kier molecular flexibility index (Phi) is 6.02. The molecule has 5 nitrogen and oxygen atoms in total. The van der Waals surface area contributed by atoms with Crippen LogP contribution in [0.1, 0.15) is 55.4 Å². The molecule has 0 bridgehead atoms. The second-order valence-electron chi connectivity index (χ2n) is 4.77. The van der Waals surface area contributed by atoms with E-state index in [-0.39, 0.29) is 18.4 Å². The fourth-order valence-electron chi connectivity index (χ4n) is 2.24. The van der Waals surface area contributed by atoms with E-state index in [1.54, 1.807) is 6.92 Å². The van der Waals surface area contributed by atoms with Crippen LogP contribution in [-0.4, -0.2) is 28.8 Å². The maximum Gasteiger partial charge on any atom is 0.256 e. The number of aryl methyl sites for hydroxylation is 2. The molecule has 1 heterocycles. The van der Waals surface area contributed by atoms with Crippen LogP contribution >= 0.6 is 0 Å². The van der Waals surface area contributed by atoms with Gasteiger partial charge in [-0.1, -0.05) is 38.8 Å². The fourth-order valence-corrected chi connectivity index (χ4v) is 2.24. The third-order valence-corrected chi connectivity index (χ3v) is 3.56. The normalized spacial score (nSPS) is 12.7. The summed E-state index contributed by atoms with van der Waals surface area (Å²) < 4.78 is 5.03. The zero-order chi connectivity index (χ0) is 14.4. The standard InChI is InChI=1S/C14H24N2O3/c1-5-10(6-2)12(17)8-15-14(18)13-9(4)19-16-11(13)7-3/h10,12,17H,5-8H2,1-4H3,(H,15,18). The maximum absolute atomic E-state index is 12.1. The smallest absolute Gasteiger partial charge is 0.256 e. The Morgan fingerprint density at radius 1 is 1.37 bits per heavy atom. The van der Waals surface area contributed by atoms with Crippen molar-refractivity contribution in [1.82, 2.24) is 10.5 Å². The van der Waals surface area contributed by atoms with Gasteiger partial charge in [0.25, 0.3) is 5.91 Å². The van der Waals surface area contributed by atoms with Gasteiger partial charge in [0.2, 0.25) is 0 Å². The van der Waals surface area contributed by atoms with Crippen molar-refractivity contribution in [3.05, 3.63) is 17.0 Å². The SMILES string of the molecule is CCc1noc(C)c1C(=O)NCC(O)C(CC)CC. The highest BCUT2D eigenvalue weighted by Gasteiger charge is 2.21. The molecule has 0 radical (unpaired) electrons. The summed E-state index contributed by atoms with van der Waals surface area (Å²) in [5.41, 5.74) is 1.16. The summed E-state index contributed by atoms with van der Waals surface area (Å²) in [7, 11) is 0. The molecule has 0 saturated carbocycles. The minimum absolute atomic E-state index is 0.217. The molecule has 0 fully saturated rings. The molecule has 1 rings (SSSR count). The number of aliphatic hydroxyl groups is 1. The van der Waals surface area contributed by atoms with Crippen molar-refractivity contribution in [1.29, 1.82) is 0 Å². The van der Waals surface area contributed by atoms with Crippen molar-refractivity contribution in [2.75, 3.05) is 6.54 Å². The predicted octanol–water partition coefficient (Wildman–Crippen LogP) is 2.07. The van der Waals surface area contributed by atoms with Crippen LogP contribution in [0.4, 0.5) is 0 Å². The second kappa shape index (κ2) is 7.28. The highest BCUT2D eigenvalue weighted by molar-refractivity contribution is 5.96. The first-order valence-corrected chi connectivity index (χ1v) is 6.96. The van der Waals surface area contributed by atoms with Gasteiger partial charge in [-0.15, -0.1) is 0 Å². The number of carbonyl (C=O) groups excluding carboxylic acids is 1. The van der Waals surface area contributed by atoms with Crippen molar-refractivity contribution in [2.45, 2.75) is 53.1 Å². The van der Waals surface area contributed by atoms with Gasteiger partial charge in [-0.25, -0.2) is 0 Å². The predicted molar refractivity (Wildman–Crippen MR) is 73.0 cm³/mol. The van der Waals surface area contributed by atoms with Gasteiger partial charge in [0, 0.05) is 6.54 Å². The van der Waals surface area contributed by atoms with E-state index in [4.69, 9.17) is 4.52 Å². The summed E-state index contributed by atoms with van der Waals surface area (Å²) in [6, 6.07) is 0. The molecule has 108 valence electrons. The van der Waals surface area contributed by atoms with Gasteiger partial charge in [-0.3, -0.25) is 4.79 Å². The van der Waals surface area contributed by atoms with Crippen molar-refractivity contribution in [3.63, 3.8) is 0 Å². The molecule has 1 amide bonds. The van der Waals surface area contributed by atoms with Gasteiger partial charge < -0.3 is 14.9 Å².